The van der Waals surface area contributed by atoms with Crippen molar-refractivity contribution >= 4 is 69.6 Å². The number of benzene rings is 5. The highest BCUT2D eigenvalue weighted by Gasteiger charge is 2.39. The fourth-order valence-electron chi connectivity index (χ4n) is 7.64. The monoisotopic (exact) mass is 530 g/mol. The van der Waals surface area contributed by atoms with Gasteiger partial charge in [-0.05, 0) is 59.5 Å². The SMILES string of the molecule is C#Cc1cc2c([Si](CC)(CC)CC)c3c(ccc4ccccc43)c([Si](CC)(CC)CC)c2c2ccccc12. The second kappa shape index (κ2) is 10.4. The van der Waals surface area contributed by atoms with E-state index in [1.165, 1.54) is 74.0 Å². The fraction of sp³-hybridized carbons (Fsp3) is 0.333. The molecule has 0 aliphatic carbocycles. The summed E-state index contributed by atoms with van der Waals surface area (Å²) in [6.07, 6.45) is 6.24. The van der Waals surface area contributed by atoms with Crippen LogP contribution in [0.25, 0.3) is 43.1 Å². The molecule has 0 fully saturated rings. The quantitative estimate of drug-likeness (QED) is 0.0810. The van der Waals surface area contributed by atoms with Crippen molar-refractivity contribution in [1.82, 2.24) is 0 Å². The van der Waals surface area contributed by atoms with E-state index < -0.39 is 16.1 Å². The third-order valence-corrected chi connectivity index (χ3v) is 21.6. The molecule has 0 aliphatic heterocycles. The molecule has 0 aromatic heterocycles. The van der Waals surface area contributed by atoms with E-state index in [-0.39, 0.29) is 0 Å². The normalized spacial score (nSPS) is 12.6. The number of terminal acetylenes is 1. The molecule has 0 radical (unpaired) electrons. The molecule has 38 heavy (non-hydrogen) atoms. The van der Waals surface area contributed by atoms with Crippen molar-refractivity contribution in [3.63, 3.8) is 0 Å². The first-order valence-corrected chi connectivity index (χ1v) is 20.0. The average molecular weight is 531 g/mol. The fourth-order valence-corrected chi connectivity index (χ4v) is 15.9. The van der Waals surface area contributed by atoms with Gasteiger partial charge in [0.15, 0.2) is 0 Å². The van der Waals surface area contributed by atoms with Gasteiger partial charge in [0.25, 0.3) is 0 Å². The summed E-state index contributed by atoms with van der Waals surface area (Å²) in [5.74, 6) is 3.11. The Bertz CT molecular complexity index is 1680. The maximum absolute atomic E-state index is 6.24. The van der Waals surface area contributed by atoms with Gasteiger partial charge in [-0.3, -0.25) is 0 Å². The van der Waals surface area contributed by atoms with Crippen LogP contribution in [0.5, 0.6) is 0 Å². The van der Waals surface area contributed by atoms with Gasteiger partial charge in [-0.25, -0.2) is 0 Å². The van der Waals surface area contributed by atoms with E-state index in [2.05, 4.69) is 114 Å². The van der Waals surface area contributed by atoms with Crippen LogP contribution in [-0.4, -0.2) is 16.1 Å². The number of rotatable bonds is 8. The Kier molecular flexibility index (Phi) is 7.29. The molecular weight excluding hydrogens is 489 g/mol. The van der Waals surface area contributed by atoms with Crippen LogP contribution >= 0.6 is 0 Å². The molecule has 0 N–H and O–H groups in total. The van der Waals surface area contributed by atoms with Crippen molar-refractivity contribution in [2.45, 2.75) is 77.8 Å². The molecular formula is C36H42Si2. The van der Waals surface area contributed by atoms with E-state index in [9.17, 15) is 0 Å². The number of hydrogen-bond donors (Lipinski definition) is 0. The lowest BCUT2D eigenvalue weighted by molar-refractivity contribution is 1.20. The molecule has 5 aromatic carbocycles. The summed E-state index contributed by atoms with van der Waals surface area (Å²) < 4.78 is 0. The summed E-state index contributed by atoms with van der Waals surface area (Å²) in [5.41, 5.74) is 1.04. The molecule has 0 saturated carbocycles. The molecule has 0 nitrogen and oxygen atoms in total. The smallest absolute Gasteiger partial charge is 0.0875 e. The molecule has 2 heteroatoms. The Labute approximate surface area is 231 Å². The van der Waals surface area contributed by atoms with Crippen molar-refractivity contribution in [2.75, 3.05) is 0 Å². The first-order chi connectivity index (χ1) is 18.5. The van der Waals surface area contributed by atoms with Gasteiger partial charge in [0.1, 0.15) is 0 Å². The minimum absolute atomic E-state index is 1.04. The maximum atomic E-state index is 6.24. The summed E-state index contributed by atoms with van der Waals surface area (Å²) in [7, 11) is -3.63. The first kappa shape index (κ1) is 26.7. The molecule has 0 heterocycles. The van der Waals surface area contributed by atoms with Crippen LogP contribution in [0.3, 0.4) is 0 Å². The van der Waals surface area contributed by atoms with Crippen LogP contribution in [0.2, 0.25) is 36.3 Å². The summed E-state index contributed by atoms with van der Waals surface area (Å²) in [6.45, 7) is 14.7. The zero-order valence-corrected chi connectivity index (χ0v) is 26.2. The predicted octanol–water partition coefficient (Wildman–Crippen LogP) is 9.71. The lowest BCUT2D eigenvalue weighted by atomic mass is 9.92. The Balaban J connectivity index is 2.26. The minimum Gasteiger partial charge on any atom is -0.115 e. The van der Waals surface area contributed by atoms with Crippen LogP contribution in [0.15, 0.2) is 66.7 Å². The Morgan fingerprint density at radius 2 is 1.00 bits per heavy atom. The lowest BCUT2D eigenvalue weighted by Crippen LogP contribution is -2.51. The van der Waals surface area contributed by atoms with Crippen LogP contribution < -0.4 is 10.4 Å². The van der Waals surface area contributed by atoms with E-state index >= 15 is 0 Å². The molecule has 5 aromatic rings. The van der Waals surface area contributed by atoms with Crippen molar-refractivity contribution in [3.05, 3.63) is 72.3 Å². The average Bonchev–Trinajstić information content (AvgIpc) is 2.99. The summed E-state index contributed by atoms with van der Waals surface area (Å²) in [6, 6.07) is 32.9. The van der Waals surface area contributed by atoms with E-state index in [4.69, 9.17) is 6.42 Å². The Morgan fingerprint density at radius 1 is 0.526 bits per heavy atom. The molecule has 194 valence electrons. The predicted molar refractivity (Wildman–Crippen MR) is 178 cm³/mol. The molecule has 0 amide bonds. The van der Waals surface area contributed by atoms with E-state index in [0.29, 0.717) is 0 Å². The van der Waals surface area contributed by atoms with Gasteiger partial charge < -0.3 is 0 Å². The second-order valence-electron chi connectivity index (χ2n) is 11.2. The largest absolute Gasteiger partial charge is 0.115 e. The zero-order chi connectivity index (χ0) is 27.1. The van der Waals surface area contributed by atoms with Crippen molar-refractivity contribution in [2.24, 2.45) is 0 Å². The molecule has 5 rings (SSSR count). The van der Waals surface area contributed by atoms with E-state index in [0.717, 1.165) is 5.56 Å². The second-order valence-corrected chi connectivity index (χ2v) is 21.5. The van der Waals surface area contributed by atoms with Crippen molar-refractivity contribution < 1.29 is 0 Å². The molecule has 0 saturated heterocycles. The summed E-state index contributed by atoms with van der Waals surface area (Å²) in [4.78, 5) is 0. The summed E-state index contributed by atoms with van der Waals surface area (Å²) >= 11 is 0. The van der Waals surface area contributed by atoms with E-state index in [1.807, 2.05) is 0 Å². The van der Waals surface area contributed by atoms with Crippen molar-refractivity contribution in [1.29, 1.82) is 0 Å². The molecule has 0 spiro atoms. The van der Waals surface area contributed by atoms with Gasteiger partial charge in [0, 0.05) is 5.56 Å². The number of hydrogen-bond acceptors (Lipinski definition) is 0. The van der Waals surface area contributed by atoms with E-state index in [1.54, 1.807) is 15.8 Å². The first-order valence-electron chi connectivity index (χ1n) is 14.8. The van der Waals surface area contributed by atoms with Crippen molar-refractivity contribution in [3.8, 4) is 12.3 Å². The van der Waals surface area contributed by atoms with Crippen LogP contribution in [0.1, 0.15) is 47.1 Å². The van der Waals surface area contributed by atoms with Crippen LogP contribution in [-0.2, 0) is 0 Å². The van der Waals surface area contributed by atoms with Crippen LogP contribution in [0.4, 0.5) is 0 Å². The molecule has 0 bridgehead atoms. The Morgan fingerprint density at radius 3 is 1.55 bits per heavy atom. The third-order valence-electron chi connectivity index (χ3n) is 10.3. The topological polar surface area (TPSA) is 0 Å². The maximum Gasteiger partial charge on any atom is 0.0875 e. The van der Waals surface area contributed by atoms with Gasteiger partial charge >= 0.3 is 0 Å². The van der Waals surface area contributed by atoms with Gasteiger partial charge in [0.05, 0.1) is 16.1 Å². The van der Waals surface area contributed by atoms with Gasteiger partial charge in [-0.15, -0.1) is 6.42 Å². The highest BCUT2D eigenvalue weighted by molar-refractivity contribution is 6.99. The third kappa shape index (κ3) is 3.70. The Hall–Kier alpha value is -2.87. The highest BCUT2D eigenvalue weighted by Crippen LogP contribution is 2.39. The number of fused-ring (bicyclic) bond motifs is 6. The lowest BCUT2D eigenvalue weighted by Gasteiger charge is -2.37. The molecule has 0 unspecified atom stereocenters. The van der Waals surface area contributed by atoms with Gasteiger partial charge in [-0.2, -0.15) is 0 Å². The minimum atomic E-state index is -1.83. The van der Waals surface area contributed by atoms with Gasteiger partial charge in [0.2, 0.25) is 0 Å². The van der Waals surface area contributed by atoms with Gasteiger partial charge in [-0.1, -0.05) is 144 Å². The zero-order valence-electron chi connectivity index (χ0n) is 24.2. The highest BCUT2D eigenvalue weighted by atomic mass is 28.3. The molecule has 0 aliphatic rings. The van der Waals surface area contributed by atoms with Crippen LogP contribution in [0, 0.1) is 12.3 Å². The standard InChI is InChI=1S/C36H42Si2/c1-8-26-25-32-34(30-22-18-17-20-28(26)30)35(37(9-2,10-3)11-4)31-24-23-27-19-15-16-21-29(27)33(31)36(32)38(12-5,13-6)14-7/h1,15-25H,9-14H2,2-7H3. The summed E-state index contributed by atoms with van der Waals surface area (Å²) in [5, 5.41) is 14.8. The molecule has 0 atom stereocenters.